The van der Waals surface area contributed by atoms with Crippen molar-refractivity contribution < 1.29 is 4.79 Å². The molecule has 17 heavy (non-hydrogen) atoms. The molecule has 0 radical (unpaired) electrons. The van der Waals surface area contributed by atoms with Crippen LogP contribution in [-0.2, 0) is 4.79 Å². The van der Waals surface area contributed by atoms with E-state index >= 15 is 0 Å². The number of likely N-dealkylation sites (tertiary alicyclic amines) is 1. The highest BCUT2D eigenvalue weighted by Crippen LogP contribution is 2.54. The lowest BCUT2D eigenvalue weighted by molar-refractivity contribution is -0.138. The van der Waals surface area contributed by atoms with Gasteiger partial charge in [0.05, 0.1) is 0 Å². The van der Waals surface area contributed by atoms with Gasteiger partial charge in [0.1, 0.15) is 0 Å². The van der Waals surface area contributed by atoms with Crippen molar-refractivity contribution in [1.29, 1.82) is 0 Å². The van der Waals surface area contributed by atoms with E-state index in [1.54, 1.807) is 0 Å². The van der Waals surface area contributed by atoms with Crippen LogP contribution in [0.2, 0.25) is 0 Å². The number of amides is 1. The SMILES string of the molecule is CCC1CCCCCN1C(=O)C1CC2CC2C1. The van der Waals surface area contributed by atoms with E-state index in [0.29, 0.717) is 17.9 Å². The third-order valence-electron chi connectivity index (χ3n) is 5.22. The zero-order chi connectivity index (χ0) is 11.8. The number of fused-ring (bicyclic) bond motifs is 1. The monoisotopic (exact) mass is 235 g/mol. The van der Waals surface area contributed by atoms with E-state index in [2.05, 4.69) is 11.8 Å². The zero-order valence-corrected chi connectivity index (χ0v) is 11.0. The van der Waals surface area contributed by atoms with Gasteiger partial charge in [-0.3, -0.25) is 4.79 Å². The molecule has 0 aromatic rings. The number of carbonyl (C=O) groups excluding carboxylic acids is 1. The van der Waals surface area contributed by atoms with Crippen molar-refractivity contribution >= 4 is 5.91 Å². The van der Waals surface area contributed by atoms with Crippen molar-refractivity contribution in [3.63, 3.8) is 0 Å². The molecule has 1 aliphatic heterocycles. The van der Waals surface area contributed by atoms with Crippen molar-refractivity contribution in [3.05, 3.63) is 0 Å². The van der Waals surface area contributed by atoms with Gasteiger partial charge in [-0.05, 0) is 50.4 Å². The maximum Gasteiger partial charge on any atom is 0.225 e. The van der Waals surface area contributed by atoms with Gasteiger partial charge in [0.2, 0.25) is 5.91 Å². The van der Waals surface area contributed by atoms with Gasteiger partial charge in [0, 0.05) is 18.5 Å². The van der Waals surface area contributed by atoms with Crippen LogP contribution in [-0.4, -0.2) is 23.4 Å². The number of nitrogens with zero attached hydrogens (tertiary/aromatic N) is 1. The summed E-state index contributed by atoms with van der Waals surface area (Å²) in [5, 5.41) is 0. The van der Waals surface area contributed by atoms with Crippen LogP contribution in [0.3, 0.4) is 0 Å². The highest BCUT2D eigenvalue weighted by molar-refractivity contribution is 5.79. The fourth-order valence-electron chi connectivity index (χ4n) is 4.04. The number of carbonyl (C=O) groups is 1. The molecule has 0 spiro atoms. The largest absolute Gasteiger partial charge is 0.339 e. The molecule has 0 N–H and O–H groups in total. The quantitative estimate of drug-likeness (QED) is 0.719. The molecule has 2 saturated carbocycles. The highest BCUT2D eigenvalue weighted by atomic mass is 16.2. The summed E-state index contributed by atoms with van der Waals surface area (Å²) in [4.78, 5) is 14.9. The van der Waals surface area contributed by atoms with Crippen LogP contribution >= 0.6 is 0 Å². The minimum absolute atomic E-state index is 0.394. The van der Waals surface area contributed by atoms with Gasteiger partial charge in [-0.2, -0.15) is 0 Å². The fourth-order valence-corrected chi connectivity index (χ4v) is 4.04. The Bertz CT molecular complexity index is 291. The molecule has 0 aromatic heterocycles. The molecule has 2 aliphatic carbocycles. The first kappa shape index (κ1) is 11.6. The first-order chi connectivity index (χ1) is 8.29. The van der Waals surface area contributed by atoms with E-state index in [4.69, 9.17) is 0 Å². The predicted octanol–water partition coefficient (Wildman–Crippen LogP) is 3.21. The predicted molar refractivity (Wildman–Crippen MR) is 68.6 cm³/mol. The van der Waals surface area contributed by atoms with Crippen molar-refractivity contribution in [2.24, 2.45) is 17.8 Å². The second-order valence-corrected chi connectivity index (χ2v) is 6.37. The molecule has 0 aromatic carbocycles. The summed E-state index contributed by atoms with van der Waals surface area (Å²) in [5.41, 5.74) is 0. The third-order valence-corrected chi connectivity index (χ3v) is 5.22. The number of hydrogen-bond donors (Lipinski definition) is 0. The van der Waals surface area contributed by atoms with E-state index in [9.17, 15) is 4.79 Å². The van der Waals surface area contributed by atoms with Crippen molar-refractivity contribution in [2.75, 3.05) is 6.54 Å². The Balaban J connectivity index is 1.65. The van der Waals surface area contributed by atoms with E-state index < -0.39 is 0 Å². The summed E-state index contributed by atoms with van der Waals surface area (Å²) < 4.78 is 0. The smallest absolute Gasteiger partial charge is 0.225 e. The van der Waals surface area contributed by atoms with E-state index in [1.807, 2.05) is 0 Å². The average Bonchev–Trinajstić information content (AvgIpc) is 3.04. The summed E-state index contributed by atoms with van der Waals surface area (Å²) in [6.45, 7) is 3.27. The summed E-state index contributed by atoms with van der Waals surface area (Å²) in [5.74, 6) is 2.75. The zero-order valence-electron chi connectivity index (χ0n) is 11.0. The normalized spacial score (nSPS) is 40.9. The van der Waals surface area contributed by atoms with Gasteiger partial charge in [0.25, 0.3) is 0 Å². The Hall–Kier alpha value is -0.530. The van der Waals surface area contributed by atoms with E-state index in [-0.39, 0.29) is 0 Å². The van der Waals surface area contributed by atoms with Crippen LogP contribution in [0, 0.1) is 17.8 Å². The van der Waals surface area contributed by atoms with Crippen molar-refractivity contribution in [1.82, 2.24) is 4.90 Å². The van der Waals surface area contributed by atoms with Gasteiger partial charge < -0.3 is 4.90 Å². The Morgan fingerprint density at radius 2 is 1.88 bits per heavy atom. The maximum absolute atomic E-state index is 12.6. The Morgan fingerprint density at radius 3 is 2.59 bits per heavy atom. The van der Waals surface area contributed by atoms with Crippen LogP contribution in [0.5, 0.6) is 0 Å². The van der Waals surface area contributed by atoms with Gasteiger partial charge in [-0.15, -0.1) is 0 Å². The first-order valence-corrected chi connectivity index (χ1v) is 7.60. The molecule has 3 unspecified atom stereocenters. The van der Waals surface area contributed by atoms with Gasteiger partial charge in [0.15, 0.2) is 0 Å². The maximum atomic E-state index is 12.6. The lowest BCUT2D eigenvalue weighted by Crippen LogP contribution is -2.42. The average molecular weight is 235 g/mol. The van der Waals surface area contributed by atoms with Crippen LogP contribution in [0.25, 0.3) is 0 Å². The molecule has 3 atom stereocenters. The van der Waals surface area contributed by atoms with E-state index in [0.717, 1.165) is 24.8 Å². The van der Waals surface area contributed by atoms with Crippen molar-refractivity contribution in [3.8, 4) is 0 Å². The Labute approximate surface area is 105 Å². The molecular weight excluding hydrogens is 210 g/mol. The van der Waals surface area contributed by atoms with Crippen LogP contribution in [0.1, 0.15) is 58.3 Å². The summed E-state index contributed by atoms with van der Waals surface area (Å²) in [7, 11) is 0. The fraction of sp³-hybridized carbons (Fsp3) is 0.933. The minimum Gasteiger partial charge on any atom is -0.339 e. The summed E-state index contributed by atoms with van der Waals surface area (Å²) in [6.07, 6.45) is 10.1. The lowest BCUT2D eigenvalue weighted by atomic mass is 9.99. The second kappa shape index (κ2) is 4.62. The molecule has 1 amide bonds. The molecule has 96 valence electrons. The Morgan fingerprint density at radius 1 is 1.12 bits per heavy atom. The second-order valence-electron chi connectivity index (χ2n) is 6.37. The molecule has 1 heterocycles. The van der Waals surface area contributed by atoms with Crippen LogP contribution in [0.15, 0.2) is 0 Å². The number of rotatable bonds is 2. The molecule has 3 rings (SSSR count). The van der Waals surface area contributed by atoms with E-state index in [1.165, 1.54) is 44.9 Å². The first-order valence-electron chi connectivity index (χ1n) is 7.60. The lowest BCUT2D eigenvalue weighted by Gasteiger charge is -2.32. The Kier molecular flexibility index (Phi) is 3.14. The van der Waals surface area contributed by atoms with Gasteiger partial charge in [-0.1, -0.05) is 19.8 Å². The number of hydrogen-bond acceptors (Lipinski definition) is 1. The topological polar surface area (TPSA) is 20.3 Å². The van der Waals surface area contributed by atoms with Gasteiger partial charge in [-0.25, -0.2) is 0 Å². The minimum atomic E-state index is 0.394. The highest BCUT2D eigenvalue weighted by Gasteiger charge is 2.49. The molecule has 3 fully saturated rings. The molecule has 2 nitrogen and oxygen atoms in total. The van der Waals surface area contributed by atoms with Crippen LogP contribution < -0.4 is 0 Å². The summed E-state index contributed by atoms with van der Waals surface area (Å²) in [6, 6.07) is 0.543. The molecule has 0 bridgehead atoms. The molecule has 3 aliphatic rings. The summed E-state index contributed by atoms with van der Waals surface area (Å²) >= 11 is 0. The van der Waals surface area contributed by atoms with Gasteiger partial charge >= 0.3 is 0 Å². The molecule has 1 saturated heterocycles. The van der Waals surface area contributed by atoms with Crippen LogP contribution in [0.4, 0.5) is 0 Å². The van der Waals surface area contributed by atoms with Crippen molar-refractivity contribution in [2.45, 2.75) is 64.3 Å². The molecule has 2 heteroatoms. The standard InChI is InChI=1S/C15H25NO/c1-2-14-6-4-3-5-7-16(14)15(17)13-9-11-8-12(11)10-13/h11-14H,2-10H2,1H3. The third kappa shape index (κ3) is 2.23. The molecular formula is C15H25NO.